The fraction of sp³-hybridized carbons (Fsp3) is 0.111. The van der Waals surface area contributed by atoms with E-state index in [-0.39, 0.29) is 8.72 Å². The molecule has 0 fully saturated rings. The van der Waals surface area contributed by atoms with E-state index in [4.69, 9.17) is 17.3 Å². The molecule has 2 rings (SSSR count). The summed E-state index contributed by atoms with van der Waals surface area (Å²) in [6.07, 6.45) is -3.71. The summed E-state index contributed by atoms with van der Waals surface area (Å²) in [5.74, 6) is -1.15. The fourth-order valence-corrected chi connectivity index (χ4v) is 2.27. The molecule has 0 aliphatic carbocycles. The molecule has 1 heterocycles. The molecule has 0 spiro atoms. The molecule has 1 aromatic heterocycles. The molecule has 0 saturated heterocycles. The third kappa shape index (κ3) is 2.61. The molecule has 0 bridgehead atoms. The average molecular weight is 407 g/mol. The van der Waals surface area contributed by atoms with Gasteiger partial charge in [0.25, 0.3) is 0 Å². The van der Waals surface area contributed by atoms with Gasteiger partial charge in [-0.3, -0.25) is 0 Å². The van der Waals surface area contributed by atoms with Crippen LogP contribution in [0.1, 0.15) is 5.56 Å². The number of halogens is 6. The van der Waals surface area contributed by atoms with Gasteiger partial charge in [0, 0.05) is 0 Å². The summed E-state index contributed by atoms with van der Waals surface area (Å²) in [5, 5.41) is 7.07. The summed E-state index contributed by atoms with van der Waals surface area (Å²) in [6, 6.07) is 0.310. The van der Waals surface area contributed by atoms with E-state index in [0.717, 1.165) is 6.20 Å². The van der Waals surface area contributed by atoms with Crippen molar-refractivity contribution >= 4 is 39.9 Å². The van der Waals surface area contributed by atoms with Gasteiger partial charge in [0.2, 0.25) is 0 Å². The van der Waals surface area contributed by atoms with E-state index in [1.807, 2.05) is 0 Å². The van der Waals surface area contributed by atoms with Crippen LogP contribution in [0.5, 0.6) is 0 Å². The van der Waals surface area contributed by atoms with Gasteiger partial charge in [-0.2, -0.15) is 18.3 Å². The Kier molecular flexibility index (Phi) is 3.60. The number of hydrogen-bond donors (Lipinski definition) is 1. The summed E-state index contributed by atoms with van der Waals surface area (Å²) in [5.41, 5.74) is 3.30. The zero-order valence-electron chi connectivity index (χ0n) is 8.84. The van der Waals surface area contributed by atoms with Crippen LogP contribution in [0.15, 0.2) is 12.3 Å². The molecule has 102 valence electrons. The zero-order valence-corrected chi connectivity index (χ0v) is 11.8. The maximum absolute atomic E-state index is 13.4. The number of hydrogen-bond acceptors (Lipinski definition) is 3. The zero-order chi connectivity index (χ0) is 14.4. The SMILES string of the molecule is Nc1c(F)cc(C(F)(F)F)c(-n2ncc(Cl)n2)c1I. The van der Waals surface area contributed by atoms with Gasteiger partial charge in [0.05, 0.1) is 21.0 Å². The maximum Gasteiger partial charge on any atom is 0.418 e. The van der Waals surface area contributed by atoms with Crippen LogP contribution < -0.4 is 5.73 Å². The Morgan fingerprint density at radius 2 is 2.00 bits per heavy atom. The summed E-state index contributed by atoms with van der Waals surface area (Å²) in [7, 11) is 0. The predicted molar refractivity (Wildman–Crippen MR) is 68.5 cm³/mol. The molecule has 0 radical (unpaired) electrons. The van der Waals surface area contributed by atoms with E-state index in [2.05, 4.69) is 10.2 Å². The second-order valence-electron chi connectivity index (χ2n) is 3.44. The lowest BCUT2D eigenvalue weighted by Gasteiger charge is -2.15. The van der Waals surface area contributed by atoms with E-state index in [1.165, 1.54) is 22.6 Å². The molecule has 10 heteroatoms. The van der Waals surface area contributed by atoms with Gasteiger partial charge in [0.1, 0.15) is 11.5 Å². The molecule has 0 atom stereocenters. The Labute approximate surface area is 122 Å². The van der Waals surface area contributed by atoms with Gasteiger partial charge < -0.3 is 5.73 Å². The van der Waals surface area contributed by atoms with Crippen molar-refractivity contribution in [2.24, 2.45) is 0 Å². The molecular formula is C9H4ClF4IN4. The second kappa shape index (κ2) is 4.78. The highest BCUT2D eigenvalue weighted by Gasteiger charge is 2.37. The molecule has 2 aromatic rings. The maximum atomic E-state index is 13.4. The highest BCUT2D eigenvalue weighted by molar-refractivity contribution is 14.1. The van der Waals surface area contributed by atoms with Crippen LogP contribution >= 0.6 is 34.2 Å². The van der Waals surface area contributed by atoms with Crippen molar-refractivity contribution in [1.82, 2.24) is 15.0 Å². The van der Waals surface area contributed by atoms with Crippen LogP contribution in [0.2, 0.25) is 5.15 Å². The third-order valence-corrected chi connectivity index (χ3v) is 3.46. The van der Waals surface area contributed by atoms with Crippen LogP contribution in [0.3, 0.4) is 0 Å². The van der Waals surface area contributed by atoms with Crippen LogP contribution in [0.4, 0.5) is 23.2 Å². The molecule has 0 aliphatic heterocycles. The van der Waals surface area contributed by atoms with Crippen molar-refractivity contribution in [2.45, 2.75) is 6.18 Å². The van der Waals surface area contributed by atoms with Crippen molar-refractivity contribution in [3.8, 4) is 5.69 Å². The lowest BCUT2D eigenvalue weighted by atomic mass is 10.1. The molecule has 2 N–H and O–H groups in total. The van der Waals surface area contributed by atoms with Gasteiger partial charge >= 0.3 is 6.18 Å². The second-order valence-corrected chi connectivity index (χ2v) is 4.90. The Balaban J connectivity index is 2.80. The first-order valence-electron chi connectivity index (χ1n) is 4.64. The molecular weight excluding hydrogens is 402 g/mol. The van der Waals surface area contributed by atoms with E-state index in [9.17, 15) is 17.6 Å². The highest BCUT2D eigenvalue weighted by atomic mass is 127. The third-order valence-electron chi connectivity index (χ3n) is 2.20. The lowest BCUT2D eigenvalue weighted by molar-refractivity contribution is -0.137. The summed E-state index contributed by atoms with van der Waals surface area (Å²) < 4.78 is 52.0. The van der Waals surface area contributed by atoms with E-state index in [0.29, 0.717) is 10.9 Å². The number of aromatic nitrogens is 3. The van der Waals surface area contributed by atoms with Gasteiger partial charge in [-0.1, -0.05) is 11.6 Å². The van der Waals surface area contributed by atoms with E-state index in [1.54, 1.807) is 0 Å². The smallest absolute Gasteiger partial charge is 0.395 e. The Morgan fingerprint density at radius 3 is 2.47 bits per heavy atom. The topological polar surface area (TPSA) is 56.7 Å². The molecule has 0 unspecified atom stereocenters. The standard InChI is InChI=1S/C9H4ClF4IN4/c10-5-2-17-19(18-5)8-3(9(12,13)14)1-4(11)7(16)6(8)15/h1-2H,16H2. The normalized spacial score (nSPS) is 11.9. The number of benzene rings is 1. The van der Waals surface area contributed by atoms with Gasteiger partial charge in [-0.15, -0.1) is 9.90 Å². The summed E-state index contributed by atoms with van der Waals surface area (Å²) in [6.45, 7) is 0. The van der Waals surface area contributed by atoms with Crippen molar-refractivity contribution in [3.63, 3.8) is 0 Å². The van der Waals surface area contributed by atoms with Gasteiger partial charge in [-0.25, -0.2) is 4.39 Å². The van der Waals surface area contributed by atoms with Crippen molar-refractivity contribution in [3.05, 3.63) is 32.4 Å². The van der Waals surface area contributed by atoms with Crippen LogP contribution in [-0.2, 0) is 6.18 Å². The molecule has 0 saturated carbocycles. The molecule has 1 aromatic carbocycles. The van der Waals surface area contributed by atoms with E-state index >= 15 is 0 Å². The number of nitrogens with two attached hydrogens (primary N) is 1. The minimum absolute atomic E-state index is 0.0909. The first-order chi connectivity index (χ1) is 8.71. The minimum Gasteiger partial charge on any atom is -0.395 e. The quantitative estimate of drug-likeness (QED) is 0.449. The number of rotatable bonds is 1. The largest absolute Gasteiger partial charge is 0.418 e. The molecule has 19 heavy (non-hydrogen) atoms. The Morgan fingerprint density at radius 1 is 1.37 bits per heavy atom. The van der Waals surface area contributed by atoms with Crippen molar-refractivity contribution < 1.29 is 17.6 Å². The number of anilines is 1. The van der Waals surface area contributed by atoms with Gasteiger partial charge in [0.15, 0.2) is 5.15 Å². The van der Waals surface area contributed by atoms with Crippen molar-refractivity contribution in [2.75, 3.05) is 5.73 Å². The summed E-state index contributed by atoms with van der Waals surface area (Å²) in [4.78, 5) is 0.669. The van der Waals surface area contributed by atoms with Crippen LogP contribution in [0, 0.1) is 9.39 Å². The summed E-state index contributed by atoms with van der Waals surface area (Å²) >= 11 is 7.02. The van der Waals surface area contributed by atoms with E-state index < -0.39 is 28.9 Å². The van der Waals surface area contributed by atoms with Gasteiger partial charge in [-0.05, 0) is 28.7 Å². The lowest BCUT2D eigenvalue weighted by Crippen LogP contribution is -2.16. The fourth-order valence-electron chi connectivity index (χ4n) is 1.39. The average Bonchev–Trinajstić information content (AvgIpc) is 2.70. The molecule has 0 amide bonds. The first-order valence-corrected chi connectivity index (χ1v) is 6.10. The number of alkyl halides is 3. The molecule has 4 nitrogen and oxygen atoms in total. The van der Waals surface area contributed by atoms with Crippen molar-refractivity contribution in [1.29, 1.82) is 0 Å². The number of nitrogens with zero attached hydrogens (tertiary/aromatic N) is 3. The highest BCUT2D eigenvalue weighted by Crippen LogP contribution is 2.38. The van der Waals surface area contributed by atoms with Crippen LogP contribution in [-0.4, -0.2) is 15.0 Å². The number of nitrogen functional groups attached to an aromatic ring is 1. The monoisotopic (exact) mass is 406 g/mol. The Hall–Kier alpha value is -1.10. The minimum atomic E-state index is -4.77. The Bertz CT molecular complexity index is 640. The van der Waals surface area contributed by atoms with Crippen LogP contribution in [0.25, 0.3) is 5.69 Å². The molecule has 0 aliphatic rings. The predicted octanol–water partition coefficient (Wildman–Crippen LogP) is 3.27. The first kappa shape index (κ1) is 14.3.